The number of rotatable bonds is 7. The highest BCUT2D eigenvalue weighted by Gasteiger charge is 2.26. The average molecular weight is 312 g/mol. The second-order valence-electron chi connectivity index (χ2n) is 5.52. The zero-order chi connectivity index (χ0) is 15.1. The third-order valence-electron chi connectivity index (χ3n) is 3.58. The van der Waals surface area contributed by atoms with E-state index in [0.29, 0.717) is 38.6 Å². The van der Waals surface area contributed by atoms with E-state index in [0.717, 1.165) is 18.6 Å². The highest BCUT2D eigenvalue weighted by Crippen LogP contribution is 2.17. The van der Waals surface area contributed by atoms with Crippen molar-refractivity contribution in [3.63, 3.8) is 0 Å². The van der Waals surface area contributed by atoms with Gasteiger partial charge in [0.05, 0.1) is 6.61 Å². The van der Waals surface area contributed by atoms with E-state index in [1.165, 1.54) is 0 Å². The van der Waals surface area contributed by atoms with Gasteiger partial charge in [-0.2, -0.15) is 12.7 Å². The van der Waals surface area contributed by atoms with Crippen molar-refractivity contribution in [2.75, 3.05) is 26.2 Å². The smallest absolute Gasteiger partial charge is 0.279 e. The Hall–Kier alpha value is -1.11. The number of benzene rings is 1. The van der Waals surface area contributed by atoms with Gasteiger partial charge in [-0.1, -0.05) is 25.1 Å². The normalized spacial score (nSPS) is 20.3. The Morgan fingerprint density at radius 1 is 1.33 bits per heavy atom. The largest absolute Gasteiger partial charge is 0.494 e. The van der Waals surface area contributed by atoms with Crippen LogP contribution < -0.4 is 9.46 Å². The van der Waals surface area contributed by atoms with Crippen LogP contribution in [0.4, 0.5) is 0 Å². The van der Waals surface area contributed by atoms with Crippen molar-refractivity contribution < 1.29 is 13.2 Å². The lowest BCUT2D eigenvalue weighted by atomic mass is 10.0. The molecule has 0 bridgehead atoms. The number of nitrogens with zero attached hydrogens (tertiary/aromatic N) is 1. The van der Waals surface area contributed by atoms with Crippen molar-refractivity contribution in [1.29, 1.82) is 0 Å². The van der Waals surface area contributed by atoms with Gasteiger partial charge in [0.15, 0.2) is 0 Å². The summed E-state index contributed by atoms with van der Waals surface area (Å²) in [6.45, 7) is 4.24. The molecule has 0 aliphatic carbocycles. The molecule has 1 atom stereocenters. The fourth-order valence-electron chi connectivity index (χ4n) is 2.44. The first kappa shape index (κ1) is 16.3. The molecule has 1 N–H and O–H groups in total. The SMILES string of the molecule is C[C@H]1CCCN(S(=O)(=O)NCCCOc2ccccc2)C1. The fourth-order valence-corrected chi connectivity index (χ4v) is 3.84. The number of nitrogens with one attached hydrogen (secondary N) is 1. The van der Waals surface area contributed by atoms with Gasteiger partial charge >= 0.3 is 0 Å². The lowest BCUT2D eigenvalue weighted by molar-refractivity contribution is 0.276. The number of para-hydroxylation sites is 1. The minimum atomic E-state index is -3.33. The fraction of sp³-hybridized carbons (Fsp3) is 0.600. The number of hydrogen-bond acceptors (Lipinski definition) is 3. The molecule has 0 amide bonds. The summed E-state index contributed by atoms with van der Waals surface area (Å²) in [7, 11) is -3.33. The van der Waals surface area contributed by atoms with Crippen molar-refractivity contribution in [1.82, 2.24) is 9.03 Å². The van der Waals surface area contributed by atoms with Crippen LogP contribution >= 0.6 is 0 Å². The molecule has 1 aliphatic heterocycles. The third-order valence-corrected chi connectivity index (χ3v) is 5.16. The maximum atomic E-state index is 12.1. The summed E-state index contributed by atoms with van der Waals surface area (Å²) in [5.74, 6) is 1.25. The van der Waals surface area contributed by atoms with E-state index < -0.39 is 10.2 Å². The van der Waals surface area contributed by atoms with E-state index >= 15 is 0 Å². The third kappa shape index (κ3) is 5.30. The maximum Gasteiger partial charge on any atom is 0.279 e. The van der Waals surface area contributed by atoms with Gasteiger partial charge < -0.3 is 4.74 Å². The Kier molecular flexibility index (Phi) is 6.02. The summed E-state index contributed by atoms with van der Waals surface area (Å²) in [4.78, 5) is 0. The van der Waals surface area contributed by atoms with Crippen LogP contribution in [0.25, 0.3) is 0 Å². The van der Waals surface area contributed by atoms with Gasteiger partial charge in [-0.25, -0.2) is 4.72 Å². The summed E-state index contributed by atoms with van der Waals surface area (Å²) in [6.07, 6.45) is 2.70. The Bertz CT molecular complexity index is 519. The van der Waals surface area contributed by atoms with Crippen LogP contribution in [0.3, 0.4) is 0 Å². The van der Waals surface area contributed by atoms with Crippen LogP contribution in [0, 0.1) is 5.92 Å². The van der Waals surface area contributed by atoms with Gasteiger partial charge in [-0.15, -0.1) is 0 Å². The van der Waals surface area contributed by atoms with Crippen molar-refractivity contribution in [2.45, 2.75) is 26.2 Å². The van der Waals surface area contributed by atoms with Crippen molar-refractivity contribution in [3.05, 3.63) is 30.3 Å². The monoisotopic (exact) mass is 312 g/mol. The first-order chi connectivity index (χ1) is 10.1. The van der Waals surface area contributed by atoms with E-state index in [2.05, 4.69) is 11.6 Å². The summed E-state index contributed by atoms with van der Waals surface area (Å²) in [6, 6.07) is 9.53. The van der Waals surface area contributed by atoms with Gasteiger partial charge in [-0.3, -0.25) is 0 Å². The molecule has 1 heterocycles. The summed E-state index contributed by atoms with van der Waals surface area (Å²) >= 11 is 0. The first-order valence-corrected chi connectivity index (χ1v) is 8.94. The average Bonchev–Trinajstić information content (AvgIpc) is 2.48. The predicted molar refractivity (Wildman–Crippen MR) is 83.4 cm³/mol. The lowest BCUT2D eigenvalue weighted by Gasteiger charge is -2.29. The quantitative estimate of drug-likeness (QED) is 0.784. The Morgan fingerprint density at radius 2 is 2.10 bits per heavy atom. The van der Waals surface area contributed by atoms with E-state index in [9.17, 15) is 8.42 Å². The minimum Gasteiger partial charge on any atom is -0.494 e. The van der Waals surface area contributed by atoms with Crippen LogP contribution in [0.1, 0.15) is 26.2 Å². The lowest BCUT2D eigenvalue weighted by Crippen LogP contribution is -2.45. The molecule has 6 heteroatoms. The first-order valence-electron chi connectivity index (χ1n) is 7.50. The molecule has 0 radical (unpaired) electrons. The molecule has 1 fully saturated rings. The molecule has 2 rings (SSSR count). The van der Waals surface area contributed by atoms with Crippen LogP contribution in [-0.4, -0.2) is 39.0 Å². The molecule has 1 aromatic rings. The van der Waals surface area contributed by atoms with Crippen molar-refractivity contribution >= 4 is 10.2 Å². The topological polar surface area (TPSA) is 58.6 Å². The summed E-state index contributed by atoms with van der Waals surface area (Å²) in [5, 5.41) is 0. The number of piperidine rings is 1. The highest BCUT2D eigenvalue weighted by atomic mass is 32.2. The van der Waals surface area contributed by atoms with Crippen LogP contribution in [0.2, 0.25) is 0 Å². The van der Waals surface area contributed by atoms with Crippen LogP contribution in [-0.2, 0) is 10.2 Å². The second kappa shape index (κ2) is 7.77. The molecule has 5 nitrogen and oxygen atoms in total. The number of hydrogen-bond donors (Lipinski definition) is 1. The molecule has 1 saturated heterocycles. The van der Waals surface area contributed by atoms with Crippen molar-refractivity contribution in [2.24, 2.45) is 5.92 Å². The van der Waals surface area contributed by atoms with Crippen molar-refractivity contribution in [3.8, 4) is 5.75 Å². The van der Waals surface area contributed by atoms with Crippen LogP contribution in [0.5, 0.6) is 5.75 Å². The molecular formula is C15H24N2O3S. The number of ether oxygens (including phenoxy) is 1. The zero-order valence-electron chi connectivity index (χ0n) is 12.5. The Labute approximate surface area is 127 Å². The Morgan fingerprint density at radius 3 is 2.81 bits per heavy atom. The maximum absolute atomic E-state index is 12.1. The van der Waals surface area contributed by atoms with E-state index in [4.69, 9.17) is 4.74 Å². The molecule has 1 aliphatic rings. The molecule has 118 valence electrons. The Balaban J connectivity index is 1.67. The van der Waals surface area contributed by atoms with E-state index in [1.807, 2.05) is 30.3 Å². The zero-order valence-corrected chi connectivity index (χ0v) is 13.3. The summed E-state index contributed by atoms with van der Waals surface area (Å²) in [5.41, 5.74) is 0. The van der Waals surface area contributed by atoms with E-state index in [-0.39, 0.29) is 0 Å². The van der Waals surface area contributed by atoms with Gasteiger partial charge in [0.1, 0.15) is 5.75 Å². The van der Waals surface area contributed by atoms with Crippen LogP contribution in [0.15, 0.2) is 30.3 Å². The molecular weight excluding hydrogens is 288 g/mol. The van der Waals surface area contributed by atoms with Gasteiger partial charge in [-0.05, 0) is 37.3 Å². The minimum absolute atomic E-state index is 0.403. The molecule has 0 saturated carbocycles. The predicted octanol–water partition coefficient (Wildman–Crippen LogP) is 2.02. The molecule has 0 spiro atoms. The molecule has 0 aromatic heterocycles. The molecule has 1 aromatic carbocycles. The van der Waals surface area contributed by atoms with Gasteiger partial charge in [0.2, 0.25) is 0 Å². The van der Waals surface area contributed by atoms with E-state index in [1.54, 1.807) is 4.31 Å². The molecule has 0 unspecified atom stereocenters. The molecule has 21 heavy (non-hydrogen) atoms. The van der Waals surface area contributed by atoms with Gasteiger partial charge in [0.25, 0.3) is 10.2 Å². The standard InChI is InChI=1S/C15H24N2O3S/c1-14-7-5-11-17(13-14)21(18,19)16-10-6-12-20-15-8-3-2-4-9-15/h2-4,8-9,14,16H,5-7,10-13H2,1H3/t14-/m0/s1. The highest BCUT2D eigenvalue weighted by molar-refractivity contribution is 7.87. The van der Waals surface area contributed by atoms with Gasteiger partial charge in [0, 0.05) is 19.6 Å². The summed E-state index contributed by atoms with van der Waals surface area (Å²) < 4.78 is 34.0. The second-order valence-corrected chi connectivity index (χ2v) is 7.28.